The van der Waals surface area contributed by atoms with Gasteiger partial charge in [-0.1, -0.05) is 34.1 Å². The van der Waals surface area contributed by atoms with Crippen LogP contribution in [0.5, 0.6) is 0 Å². The zero-order chi connectivity index (χ0) is 27.1. The third-order valence-corrected chi connectivity index (χ3v) is 11.8. The van der Waals surface area contributed by atoms with E-state index in [4.69, 9.17) is 4.74 Å². The van der Waals surface area contributed by atoms with E-state index < -0.39 is 0 Å². The molecular weight excluding hydrogens is 466 g/mol. The van der Waals surface area contributed by atoms with Crippen molar-refractivity contribution in [3.63, 3.8) is 0 Å². The number of carbonyl (C=O) groups excluding carboxylic acids is 2. The molecule has 0 aromatic carbocycles. The summed E-state index contributed by atoms with van der Waals surface area (Å²) in [6, 6.07) is 0. The summed E-state index contributed by atoms with van der Waals surface area (Å²) in [6.07, 6.45) is 9.17. The largest absolute Gasteiger partial charge is 0.462 e. The predicted molar refractivity (Wildman–Crippen MR) is 144 cm³/mol. The monoisotopic (exact) mass is 519 g/mol. The van der Waals surface area contributed by atoms with Gasteiger partial charge in [0.1, 0.15) is 6.54 Å². The number of fused-ring (bicyclic) bond motifs is 5. The average Bonchev–Trinajstić information content (AvgIpc) is 3.19. The normalized spacial score (nSPS) is 43.9. The molecule has 0 heterocycles. The molecule has 6 heteroatoms. The van der Waals surface area contributed by atoms with Gasteiger partial charge < -0.3 is 20.3 Å². The van der Waals surface area contributed by atoms with Crippen LogP contribution < -0.4 is 5.32 Å². The number of aliphatic hydroxyl groups is 2. The number of esters is 1. The van der Waals surface area contributed by atoms with E-state index in [9.17, 15) is 19.8 Å². The van der Waals surface area contributed by atoms with Crippen molar-refractivity contribution in [2.75, 3.05) is 6.54 Å². The van der Waals surface area contributed by atoms with Crippen molar-refractivity contribution in [1.29, 1.82) is 0 Å². The van der Waals surface area contributed by atoms with Gasteiger partial charge in [0, 0.05) is 6.42 Å². The number of carbonyl (C=O) groups is 2. The maximum atomic E-state index is 12.4. The Labute approximate surface area is 224 Å². The van der Waals surface area contributed by atoms with Crippen LogP contribution in [0.25, 0.3) is 0 Å². The predicted octanol–water partition coefficient (Wildman–Crippen LogP) is 5.10. The van der Waals surface area contributed by atoms with Crippen LogP contribution in [-0.2, 0) is 14.3 Å². The Balaban J connectivity index is 1.41. The number of nitrogens with one attached hydrogen (secondary N) is 1. The zero-order valence-electron chi connectivity index (χ0n) is 24.2. The van der Waals surface area contributed by atoms with Crippen molar-refractivity contribution in [3.05, 3.63) is 0 Å². The second-order valence-corrected chi connectivity index (χ2v) is 14.0. The molecule has 212 valence electrons. The summed E-state index contributed by atoms with van der Waals surface area (Å²) in [5, 5.41) is 25.1. The van der Waals surface area contributed by atoms with E-state index in [1.54, 1.807) is 13.8 Å². The lowest BCUT2D eigenvalue weighted by Crippen LogP contribution is -2.62. The number of aliphatic hydroxyl groups excluding tert-OH is 2. The highest BCUT2D eigenvalue weighted by atomic mass is 16.5. The summed E-state index contributed by atoms with van der Waals surface area (Å²) < 4.78 is 5.11. The van der Waals surface area contributed by atoms with Crippen molar-refractivity contribution in [1.82, 2.24) is 5.32 Å². The minimum Gasteiger partial charge on any atom is -0.462 e. The molecule has 0 saturated heterocycles. The molecular formula is C31H53NO5. The summed E-state index contributed by atoms with van der Waals surface area (Å²) in [7, 11) is 0. The molecule has 4 aliphatic carbocycles. The molecule has 0 aliphatic heterocycles. The minimum absolute atomic E-state index is 0.0645. The van der Waals surface area contributed by atoms with E-state index in [1.165, 1.54) is 25.7 Å². The molecule has 4 rings (SSSR count). The van der Waals surface area contributed by atoms with Gasteiger partial charge in [-0.05, 0) is 117 Å². The second-order valence-electron chi connectivity index (χ2n) is 14.0. The van der Waals surface area contributed by atoms with E-state index in [2.05, 4.69) is 33.0 Å². The van der Waals surface area contributed by atoms with Crippen LogP contribution in [-0.4, -0.2) is 46.9 Å². The maximum Gasteiger partial charge on any atom is 0.325 e. The number of rotatable bonds is 8. The Kier molecular flexibility index (Phi) is 8.70. The summed E-state index contributed by atoms with van der Waals surface area (Å²) in [5.74, 6) is 2.66. The number of hydrogen-bond acceptors (Lipinski definition) is 5. The molecule has 4 aliphatic rings. The lowest BCUT2D eigenvalue weighted by atomic mass is 9.41. The van der Waals surface area contributed by atoms with Crippen molar-refractivity contribution in [2.24, 2.45) is 52.3 Å². The molecule has 4 saturated carbocycles. The molecule has 0 aromatic heterocycles. The zero-order valence-corrected chi connectivity index (χ0v) is 24.2. The van der Waals surface area contributed by atoms with Crippen molar-refractivity contribution >= 4 is 11.9 Å². The van der Waals surface area contributed by atoms with Crippen LogP contribution in [0.2, 0.25) is 0 Å². The highest BCUT2D eigenvalue weighted by molar-refractivity contribution is 5.81. The van der Waals surface area contributed by atoms with E-state index in [1.807, 2.05) is 0 Å². The standard InChI is InChI=1S/C31H53NO5/c1-7-21-25-16-20(33)12-14-31(25,6)24-13-15-30(5)22(9-10-23(30)28(24)29(21)36)19(4)8-11-26(34)32-17-27(35)37-18(2)3/h18-25,28-29,33,36H,7-17H2,1-6H3,(H,32,34)/t19-,20-,21-,22-,23+,24?,25?,28+,29-,30-,31-/m1/s1. The Morgan fingerprint density at radius 3 is 2.32 bits per heavy atom. The van der Waals surface area contributed by atoms with Gasteiger partial charge in [0.15, 0.2) is 0 Å². The Hall–Kier alpha value is -1.14. The van der Waals surface area contributed by atoms with Crippen LogP contribution in [0, 0.1) is 52.3 Å². The summed E-state index contributed by atoms with van der Waals surface area (Å²) in [6.45, 7) is 13.0. The molecule has 0 bridgehead atoms. The minimum atomic E-state index is -0.390. The van der Waals surface area contributed by atoms with E-state index in [-0.39, 0.29) is 53.5 Å². The van der Waals surface area contributed by atoms with Gasteiger partial charge in [-0.3, -0.25) is 9.59 Å². The lowest BCUT2D eigenvalue weighted by Gasteiger charge is -2.64. The number of amides is 1. The first-order chi connectivity index (χ1) is 17.4. The Morgan fingerprint density at radius 1 is 0.973 bits per heavy atom. The molecule has 11 atom stereocenters. The molecule has 37 heavy (non-hydrogen) atoms. The molecule has 0 radical (unpaired) electrons. The van der Waals surface area contributed by atoms with Crippen molar-refractivity contribution in [3.8, 4) is 0 Å². The van der Waals surface area contributed by atoms with E-state index in [0.717, 1.165) is 32.1 Å². The fourth-order valence-electron chi connectivity index (χ4n) is 10.1. The molecule has 2 unspecified atom stereocenters. The van der Waals surface area contributed by atoms with Crippen LogP contribution in [0.4, 0.5) is 0 Å². The second kappa shape index (κ2) is 11.2. The van der Waals surface area contributed by atoms with Gasteiger partial charge in [-0.15, -0.1) is 0 Å². The fourth-order valence-corrected chi connectivity index (χ4v) is 10.1. The van der Waals surface area contributed by atoms with Crippen LogP contribution in [0.15, 0.2) is 0 Å². The third kappa shape index (κ3) is 5.35. The van der Waals surface area contributed by atoms with Gasteiger partial charge in [-0.2, -0.15) is 0 Å². The highest BCUT2D eigenvalue weighted by Gasteiger charge is 2.64. The van der Waals surface area contributed by atoms with Crippen LogP contribution in [0.3, 0.4) is 0 Å². The third-order valence-electron chi connectivity index (χ3n) is 11.8. The van der Waals surface area contributed by atoms with Gasteiger partial charge in [-0.25, -0.2) is 0 Å². The van der Waals surface area contributed by atoms with E-state index >= 15 is 0 Å². The first-order valence-corrected chi connectivity index (χ1v) is 15.2. The smallest absolute Gasteiger partial charge is 0.325 e. The van der Waals surface area contributed by atoms with Crippen LogP contribution in [0.1, 0.15) is 106 Å². The molecule has 0 spiro atoms. The maximum absolute atomic E-state index is 12.4. The highest BCUT2D eigenvalue weighted by Crippen LogP contribution is 2.69. The van der Waals surface area contributed by atoms with E-state index in [0.29, 0.717) is 41.9 Å². The molecule has 6 nitrogen and oxygen atoms in total. The number of hydrogen-bond donors (Lipinski definition) is 3. The number of ether oxygens (including phenoxy) is 1. The Morgan fingerprint density at radius 2 is 1.65 bits per heavy atom. The molecule has 0 aromatic rings. The van der Waals surface area contributed by atoms with Crippen molar-refractivity contribution in [2.45, 2.75) is 124 Å². The van der Waals surface area contributed by atoms with Crippen molar-refractivity contribution < 1.29 is 24.5 Å². The molecule has 4 fully saturated rings. The van der Waals surface area contributed by atoms with Gasteiger partial charge in [0.05, 0.1) is 18.3 Å². The molecule has 1 amide bonds. The summed E-state index contributed by atoms with van der Waals surface area (Å²) >= 11 is 0. The lowest BCUT2D eigenvalue weighted by molar-refractivity contribution is -0.203. The van der Waals surface area contributed by atoms with Gasteiger partial charge in [0.2, 0.25) is 5.91 Å². The summed E-state index contributed by atoms with van der Waals surface area (Å²) in [4.78, 5) is 24.2. The first kappa shape index (κ1) is 28.9. The first-order valence-electron chi connectivity index (χ1n) is 15.2. The topological polar surface area (TPSA) is 95.9 Å². The Bertz CT molecular complexity index is 830. The fraction of sp³-hybridized carbons (Fsp3) is 0.935. The van der Waals surface area contributed by atoms with Gasteiger partial charge in [0.25, 0.3) is 0 Å². The van der Waals surface area contributed by atoms with Gasteiger partial charge >= 0.3 is 5.97 Å². The van der Waals surface area contributed by atoms with Crippen LogP contribution >= 0.6 is 0 Å². The SMILES string of the molecule is CC[C@@H]1C2C[C@H](O)CC[C@]2(C)C2CC[C@]3(C)[C@@H]([C@H](C)CCC(=O)NCC(=O)OC(C)C)CC[C@H]3[C@@H]2[C@@H]1O. The quantitative estimate of drug-likeness (QED) is 0.388. The molecule has 3 N–H and O–H groups in total. The average molecular weight is 520 g/mol. The summed E-state index contributed by atoms with van der Waals surface area (Å²) in [5.41, 5.74) is 0.429.